The first-order valence-corrected chi connectivity index (χ1v) is 9.00. The SMILES string of the molecule is CCCSc1nc(Cl)c([N+](=O)[O-])c(NCc2ccc(Br)cc2)n1. The van der Waals surface area contributed by atoms with Gasteiger partial charge in [0.2, 0.25) is 11.0 Å². The van der Waals surface area contributed by atoms with Gasteiger partial charge in [-0.25, -0.2) is 4.98 Å². The number of anilines is 1. The van der Waals surface area contributed by atoms with Crippen LogP contribution in [0, 0.1) is 10.1 Å². The van der Waals surface area contributed by atoms with Crippen molar-refractivity contribution < 1.29 is 4.92 Å². The fourth-order valence-corrected chi connectivity index (χ4v) is 2.99. The van der Waals surface area contributed by atoms with Crippen molar-refractivity contribution in [3.05, 3.63) is 49.6 Å². The van der Waals surface area contributed by atoms with Gasteiger partial charge in [0.15, 0.2) is 5.16 Å². The van der Waals surface area contributed by atoms with E-state index >= 15 is 0 Å². The molecular formula is C14H14BrClN4O2S. The van der Waals surface area contributed by atoms with Crippen molar-refractivity contribution in [1.82, 2.24) is 9.97 Å². The molecule has 0 amide bonds. The van der Waals surface area contributed by atoms with E-state index in [0.717, 1.165) is 22.2 Å². The van der Waals surface area contributed by atoms with Crippen LogP contribution in [0.1, 0.15) is 18.9 Å². The van der Waals surface area contributed by atoms with Crippen LogP contribution in [0.25, 0.3) is 0 Å². The van der Waals surface area contributed by atoms with Crippen LogP contribution in [-0.2, 0) is 6.54 Å². The number of nitrogens with one attached hydrogen (secondary N) is 1. The van der Waals surface area contributed by atoms with E-state index < -0.39 is 4.92 Å². The summed E-state index contributed by atoms with van der Waals surface area (Å²) in [5, 5.41) is 14.5. The largest absolute Gasteiger partial charge is 0.360 e. The molecule has 0 radical (unpaired) electrons. The van der Waals surface area contributed by atoms with E-state index in [1.807, 2.05) is 31.2 Å². The van der Waals surface area contributed by atoms with Crippen molar-refractivity contribution in [2.45, 2.75) is 25.0 Å². The van der Waals surface area contributed by atoms with Crippen LogP contribution < -0.4 is 5.32 Å². The molecular weight excluding hydrogens is 404 g/mol. The van der Waals surface area contributed by atoms with Gasteiger partial charge in [-0.15, -0.1) is 0 Å². The van der Waals surface area contributed by atoms with Crippen LogP contribution in [0.2, 0.25) is 5.15 Å². The minimum absolute atomic E-state index is 0.136. The Morgan fingerprint density at radius 1 is 1.35 bits per heavy atom. The third kappa shape index (κ3) is 5.05. The van der Waals surface area contributed by atoms with Crippen LogP contribution in [0.5, 0.6) is 0 Å². The Kier molecular flexibility index (Phi) is 6.61. The zero-order valence-corrected chi connectivity index (χ0v) is 15.4. The van der Waals surface area contributed by atoms with E-state index in [0.29, 0.717) is 11.7 Å². The van der Waals surface area contributed by atoms with Crippen molar-refractivity contribution in [3.63, 3.8) is 0 Å². The van der Waals surface area contributed by atoms with Crippen LogP contribution in [-0.4, -0.2) is 20.6 Å². The first-order chi connectivity index (χ1) is 11.0. The topological polar surface area (TPSA) is 81.0 Å². The van der Waals surface area contributed by atoms with Crippen LogP contribution in [0.15, 0.2) is 33.9 Å². The Labute approximate surface area is 151 Å². The predicted molar refractivity (Wildman–Crippen MR) is 96.2 cm³/mol. The molecule has 122 valence electrons. The van der Waals surface area contributed by atoms with Gasteiger partial charge in [0.05, 0.1) is 4.92 Å². The second kappa shape index (κ2) is 8.47. The smallest absolute Gasteiger partial charge is 0.348 e. The zero-order chi connectivity index (χ0) is 16.8. The van der Waals surface area contributed by atoms with Gasteiger partial charge in [-0.1, -0.05) is 58.3 Å². The maximum absolute atomic E-state index is 11.2. The molecule has 0 aliphatic heterocycles. The molecule has 1 heterocycles. The number of benzene rings is 1. The average molecular weight is 418 g/mol. The number of thioether (sulfide) groups is 1. The van der Waals surface area contributed by atoms with Gasteiger partial charge in [-0.2, -0.15) is 4.98 Å². The van der Waals surface area contributed by atoms with Gasteiger partial charge in [0.1, 0.15) is 0 Å². The van der Waals surface area contributed by atoms with E-state index in [-0.39, 0.29) is 16.7 Å². The van der Waals surface area contributed by atoms with Crippen molar-refractivity contribution in [3.8, 4) is 0 Å². The van der Waals surface area contributed by atoms with Crippen molar-refractivity contribution in [2.24, 2.45) is 0 Å². The molecule has 0 saturated heterocycles. The molecule has 0 aliphatic carbocycles. The number of hydrogen-bond acceptors (Lipinski definition) is 6. The summed E-state index contributed by atoms with van der Waals surface area (Å²) in [6.07, 6.45) is 0.949. The Hall–Kier alpha value is -1.38. The summed E-state index contributed by atoms with van der Waals surface area (Å²) in [6.45, 7) is 2.44. The van der Waals surface area contributed by atoms with Crippen LogP contribution in [0.4, 0.5) is 11.5 Å². The third-order valence-electron chi connectivity index (χ3n) is 2.81. The third-order valence-corrected chi connectivity index (χ3v) is 4.66. The lowest BCUT2D eigenvalue weighted by Gasteiger charge is -2.09. The van der Waals surface area contributed by atoms with Gasteiger partial charge in [0, 0.05) is 16.8 Å². The van der Waals surface area contributed by atoms with Gasteiger partial charge in [-0.05, 0) is 24.1 Å². The van der Waals surface area contributed by atoms with Gasteiger partial charge >= 0.3 is 5.69 Å². The van der Waals surface area contributed by atoms with E-state index in [9.17, 15) is 10.1 Å². The number of rotatable bonds is 7. The van der Waals surface area contributed by atoms with Gasteiger partial charge < -0.3 is 5.32 Å². The second-order valence-electron chi connectivity index (χ2n) is 4.58. The number of nitrogens with zero attached hydrogens (tertiary/aromatic N) is 3. The zero-order valence-electron chi connectivity index (χ0n) is 12.3. The Morgan fingerprint density at radius 2 is 2.04 bits per heavy atom. The summed E-state index contributed by atoms with van der Waals surface area (Å²) in [5.74, 6) is 0.955. The lowest BCUT2D eigenvalue weighted by atomic mass is 10.2. The number of hydrogen-bond donors (Lipinski definition) is 1. The number of halogens is 2. The molecule has 0 aliphatic rings. The Morgan fingerprint density at radius 3 is 2.65 bits per heavy atom. The standard InChI is InChI=1S/C14H14BrClN4O2S/c1-2-7-23-14-18-12(16)11(20(21)22)13(19-14)17-8-9-3-5-10(15)6-4-9/h3-6H,2,7-8H2,1H3,(H,17,18,19). The molecule has 2 aromatic rings. The summed E-state index contributed by atoms with van der Waals surface area (Å²) >= 11 is 10.7. The van der Waals surface area contributed by atoms with Crippen molar-refractivity contribution >= 4 is 50.8 Å². The highest BCUT2D eigenvalue weighted by molar-refractivity contribution is 9.10. The summed E-state index contributed by atoms with van der Waals surface area (Å²) in [5.41, 5.74) is 0.671. The van der Waals surface area contributed by atoms with E-state index in [1.165, 1.54) is 11.8 Å². The van der Waals surface area contributed by atoms with Gasteiger partial charge in [-0.3, -0.25) is 10.1 Å². The fraction of sp³-hybridized carbons (Fsp3) is 0.286. The summed E-state index contributed by atoms with van der Waals surface area (Å²) in [7, 11) is 0. The minimum atomic E-state index is -0.569. The van der Waals surface area contributed by atoms with Gasteiger partial charge in [0.25, 0.3) is 0 Å². The fourth-order valence-electron chi connectivity index (χ4n) is 1.74. The molecule has 0 spiro atoms. The highest BCUT2D eigenvalue weighted by atomic mass is 79.9. The van der Waals surface area contributed by atoms with E-state index in [1.54, 1.807) is 0 Å². The Bertz CT molecular complexity index is 700. The lowest BCUT2D eigenvalue weighted by Crippen LogP contribution is -2.07. The van der Waals surface area contributed by atoms with Crippen molar-refractivity contribution in [1.29, 1.82) is 0 Å². The molecule has 1 N–H and O–H groups in total. The molecule has 1 aromatic heterocycles. The molecule has 0 fully saturated rings. The normalized spacial score (nSPS) is 10.6. The highest BCUT2D eigenvalue weighted by Gasteiger charge is 2.23. The molecule has 0 saturated carbocycles. The quantitative estimate of drug-likeness (QED) is 0.226. The first kappa shape index (κ1) is 18.0. The molecule has 0 atom stereocenters. The van der Waals surface area contributed by atoms with Crippen LogP contribution >= 0.6 is 39.3 Å². The monoisotopic (exact) mass is 416 g/mol. The summed E-state index contributed by atoms with van der Waals surface area (Å²) in [4.78, 5) is 18.9. The van der Waals surface area contributed by atoms with E-state index in [2.05, 4.69) is 31.2 Å². The Balaban J connectivity index is 2.24. The minimum Gasteiger partial charge on any atom is -0.360 e. The summed E-state index contributed by atoms with van der Waals surface area (Å²) < 4.78 is 0.968. The summed E-state index contributed by atoms with van der Waals surface area (Å²) in [6, 6.07) is 7.64. The second-order valence-corrected chi connectivity index (χ2v) is 6.92. The molecule has 0 bridgehead atoms. The molecule has 2 rings (SSSR count). The van der Waals surface area contributed by atoms with Crippen molar-refractivity contribution in [2.75, 3.05) is 11.1 Å². The number of nitro groups is 1. The lowest BCUT2D eigenvalue weighted by molar-refractivity contribution is -0.384. The maximum Gasteiger partial charge on any atom is 0.348 e. The average Bonchev–Trinajstić information content (AvgIpc) is 2.51. The highest BCUT2D eigenvalue weighted by Crippen LogP contribution is 2.32. The molecule has 23 heavy (non-hydrogen) atoms. The molecule has 6 nitrogen and oxygen atoms in total. The van der Waals surface area contributed by atoms with E-state index in [4.69, 9.17) is 11.6 Å². The first-order valence-electron chi connectivity index (χ1n) is 6.84. The molecule has 9 heteroatoms. The van der Waals surface area contributed by atoms with Crippen LogP contribution in [0.3, 0.4) is 0 Å². The maximum atomic E-state index is 11.2. The number of aromatic nitrogens is 2. The predicted octanol–water partition coefficient (Wildman–Crippen LogP) is 4.91. The molecule has 1 aromatic carbocycles. The molecule has 0 unspecified atom stereocenters.